The zero-order chi connectivity index (χ0) is 26.7. The minimum Gasteiger partial charge on any atom is -0.455 e. The van der Waals surface area contributed by atoms with E-state index in [1.165, 1.54) is 16.9 Å². The van der Waals surface area contributed by atoms with E-state index >= 15 is 0 Å². The average molecular weight is 517 g/mol. The van der Waals surface area contributed by atoms with Crippen LogP contribution in [0.3, 0.4) is 0 Å². The topological polar surface area (TPSA) is 124 Å². The van der Waals surface area contributed by atoms with Crippen LogP contribution in [0.15, 0.2) is 66.0 Å². The van der Waals surface area contributed by atoms with E-state index in [4.69, 9.17) is 4.74 Å². The van der Waals surface area contributed by atoms with Crippen LogP contribution in [-0.4, -0.2) is 41.2 Å². The van der Waals surface area contributed by atoms with Crippen molar-refractivity contribution in [1.29, 1.82) is 0 Å². The molecule has 10 nitrogen and oxygen atoms in total. The van der Waals surface area contributed by atoms with Crippen molar-refractivity contribution in [2.45, 2.75) is 64.1 Å². The van der Waals surface area contributed by atoms with Gasteiger partial charge in [-0.25, -0.2) is 4.68 Å². The molecule has 1 aliphatic rings. The molecular weight excluding hydrogens is 484 g/mol. The van der Waals surface area contributed by atoms with Gasteiger partial charge in [-0.1, -0.05) is 37.8 Å². The Morgan fingerprint density at radius 1 is 1.21 bits per heavy atom. The number of benzene rings is 1. The maximum atomic E-state index is 13.4. The number of nitrogens with one attached hydrogen (secondary N) is 1. The summed E-state index contributed by atoms with van der Waals surface area (Å²) in [5, 5.41) is 23.4. The number of pyridine rings is 1. The molecule has 3 aromatic heterocycles. The molecule has 1 aromatic carbocycles. The highest BCUT2D eigenvalue weighted by Gasteiger charge is 2.29. The number of hydrogen-bond donors (Lipinski definition) is 2. The van der Waals surface area contributed by atoms with Gasteiger partial charge in [0.1, 0.15) is 11.8 Å². The second-order valence-corrected chi connectivity index (χ2v) is 10.5. The van der Waals surface area contributed by atoms with Gasteiger partial charge in [0.15, 0.2) is 11.6 Å². The molecule has 3 heterocycles. The van der Waals surface area contributed by atoms with Crippen LogP contribution in [0.2, 0.25) is 0 Å². The number of carbonyl (C=O) groups excluding carboxylic acids is 1. The van der Waals surface area contributed by atoms with Crippen LogP contribution in [0.5, 0.6) is 11.5 Å². The first-order valence-corrected chi connectivity index (χ1v) is 12.9. The fourth-order valence-electron chi connectivity index (χ4n) is 5.00. The van der Waals surface area contributed by atoms with E-state index in [1.807, 2.05) is 24.3 Å². The highest BCUT2D eigenvalue weighted by atomic mass is 16.5. The fraction of sp³-hybridized carbons (Fsp3) is 0.393. The summed E-state index contributed by atoms with van der Waals surface area (Å²) in [6.45, 7) is 3.66. The minimum absolute atomic E-state index is 0.282. The maximum absolute atomic E-state index is 13.4. The molecule has 1 aliphatic carbocycles. The quantitative estimate of drug-likeness (QED) is 0.340. The van der Waals surface area contributed by atoms with Crippen molar-refractivity contribution >= 4 is 22.5 Å². The smallest absolute Gasteiger partial charge is 0.271 e. The molecular formula is C28H32N6O4. The summed E-state index contributed by atoms with van der Waals surface area (Å²) < 4.78 is 8.81. The Labute approximate surface area is 220 Å². The van der Waals surface area contributed by atoms with Gasteiger partial charge in [-0.05, 0) is 38.3 Å². The van der Waals surface area contributed by atoms with E-state index in [-0.39, 0.29) is 12.5 Å². The first-order valence-electron chi connectivity index (χ1n) is 12.9. The lowest BCUT2D eigenvalue weighted by Crippen LogP contribution is -2.36. The Bertz CT molecular complexity index is 1480. The van der Waals surface area contributed by atoms with Crippen LogP contribution < -0.4 is 15.6 Å². The van der Waals surface area contributed by atoms with Gasteiger partial charge >= 0.3 is 0 Å². The van der Waals surface area contributed by atoms with Gasteiger partial charge < -0.3 is 15.2 Å². The summed E-state index contributed by atoms with van der Waals surface area (Å²) in [6, 6.07) is 9.71. The summed E-state index contributed by atoms with van der Waals surface area (Å²) in [4.78, 5) is 30.8. The average Bonchev–Trinajstić information content (AvgIpc) is 3.54. The predicted molar refractivity (Wildman–Crippen MR) is 143 cm³/mol. The molecule has 4 aromatic rings. The van der Waals surface area contributed by atoms with Crippen molar-refractivity contribution in [3.05, 3.63) is 71.5 Å². The molecule has 0 aliphatic heterocycles. The van der Waals surface area contributed by atoms with Crippen molar-refractivity contribution in [2.24, 2.45) is 5.92 Å². The molecule has 0 spiro atoms. The van der Waals surface area contributed by atoms with Gasteiger partial charge in [0.2, 0.25) is 0 Å². The summed E-state index contributed by atoms with van der Waals surface area (Å²) in [5.41, 5.74) is -1.36. The molecule has 198 valence electrons. The van der Waals surface area contributed by atoms with E-state index < -0.39 is 17.2 Å². The van der Waals surface area contributed by atoms with Gasteiger partial charge in [0.05, 0.1) is 18.3 Å². The Kier molecular flexibility index (Phi) is 7.24. The summed E-state index contributed by atoms with van der Waals surface area (Å²) >= 11 is 0. The van der Waals surface area contributed by atoms with Crippen molar-refractivity contribution < 1.29 is 14.6 Å². The van der Waals surface area contributed by atoms with E-state index in [0.29, 0.717) is 29.7 Å². The number of rotatable bonds is 9. The number of aromatic nitrogens is 5. The van der Waals surface area contributed by atoms with Crippen LogP contribution >= 0.6 is 0 Å². The van der Waals surface area contributed by atoms with Gasteiger partial charge in [-0.2, -0.15) is 10.2 Å². The summed E-state index contributed by atoms with van der Waals surface area (Å²) in [5.74, 6) is 1.23. The van der Waals surface area contributed by atoms with Crippen LogP contribution in [0.4, 0.5) is 5.82 Å². The van der Waals surface area contributed by atoms with Gasteiger partial charge in [0.25, 0.3) is 11.5 Å². The monoisotopic (exact) mass is 516 g/mol. The van der Waals surface area contributed by atoms with Crippen molar-refractivity contribution in [2.75, 3.05) is 5.32 Å². The normalized spacial score (nSPS) is 15.0. The third-order valence-electron chi connectivity index (χ3n) is 6.74. The highest BCUT2D eigenvalue weighted by molar-refractivity contribution is 5.92. The molecule has 10 heteroatoms. The molecule has 0 bridgehead atoms. The molecule has 0 radical (unpaired) electrons. The molecule has 1 atom stereocenters. The second kappa shape index (κ2) is 10.7. The number of carbonyl (C=O) groups is 1. The van der Waals surface area contributed by atoms with Gasteiger partial charge in [-0.3, -0.25) is 19.3 Å². The largest absolute Gasteiger partial charge is 0.455 e. The molecule has 0 saturated heterocycles. The minimum atomic E-state index is -0.942. The van der Waals surface area contributed by atoms with E-state index in [1.54, 1.807) is 43.2 Å². The lowest BCUT2D eigenvalue weighted by molar-refractivity contribution is -0.120. The third-order valence-corrected chi connectivity index (χ3v) is 6.74. The molecule has 5 rings (SSSR count). The van der Waals surface area contributed by atoms with Crippen molar-refractivity contribution in [3.8, 4) is 11.5 Å². The van der Waals surface area contributed by atoms with Crippen molar-refractivity contribution in [3.63, 3.8) is 0 Å². The molecule has 38 heavy (non-hydrogen) atoms. The highest BCUT2D eigenvalue weighted by Crippen LogP contribution is 2.32. The fourth-order valence-corrected chi connectivity index (χ4v) is 5.00. The number of aliphatic hydroxyl groups is 1. The molecule has 0 unspecified atom stereocenters. The molecule has 1 fully saturated rings. The zero-order valence-corrected chi connectivity index (χ0v) is 21.6. The molecule has 1 saturated carbocycles. The standard InChI is InChI=1S/C28H32N6O4/c1-28(2,37)18-33-13-11-25(32-33)31-27(36)23(14-19-6-3-4-7-19)34-26(35)15-21(17-30-34)38-24-9-5-8-20-16-29-12-10-22(20)24/h5,8-13,15-17,19,23,37H,3-4,6-7,14,18H2,1-2H3,(H,31,32,36)/t23-/m1/s1. The van der Waals surface area contributed by atoms with Crippen LogP contribution in [0, 0.1) is 5.92 Å². The number of amides is 1. The number of anilines is 1. The Morgan fingerprint density at radius 2 is 2.03 bits per heavy atom. The van der Waals surface area contributed by atoms with Crippen LogP contribution in [-0.2, 0) is 11.3 Å². The maximum Gasteiger partial charge on any atom is 0.271 e. The Hall–Kier alpha value is -4.05. The Morgan fingerprint density at radius 3 is 2.79 bits per heavy atom. The third kappa shape index (κ3) is 6.08. The van der Waals surface area contributed by atoms with E-state index in [9.17, 15) is 14.7 Å². The first-order chi connectivity index (χ1) is 18.2. The van der Waals surface area contributed by atoms with Gasteiger partial charge in [0, 0.05) is 41.5 Å². The first kappa shape index (κ1) is 25.6. The number of hydrogen-bond acceptors (Lipinski definition) is 7. The zero-order valence-electron chi connectivity index (χ0n) is 21.6. The van der Waals surface area contributed by atoms with E-state index in [2.05, 4.69) is 20.5 Å². The van der Waals surface area contributed by atoms with Crippen molar-refractivity contribution in [1.82, 2.24) is 24.5 Å². The Balaban J connectivity index is 1.38. The molecule has 2 N–H and O–H groups in total. The second-order valence-electron chi connectivity index (χ2n) is 10.5. The molecule has 1 amide bonds. The number of ether oxygens (including phenoxy) is 1. The SMILES string of the molecule is CC(C)(O)Cn1ccc(NC(=O)[C@@H](CC2CCCC2)n2ncc(Oc3cccc4cnccc34)cc2=O)n1. The van der Waals surface area contributed by atoms with Gasteiger partial charge in [-0.15, -0.1) is 0 Å². The lowest BCUT2D eigenvalue weighted by Gasteiger charge is -2.21. The number of nitrogens with zero attached hydrogens (tertiary/aromatic N) is 5. The van der Waals surface area contributed by atoms with E-state index in [0.717, 1.165) is 36.5 Å². The number of fused-ring (bicyclic) bond motifs is 1. The lowest BCUT2D eigenvalue weighted by atomic mass is 9.98. The van der Waals surface area contributed by atoms with Crippen LogP contribution in [0.1, 0.15) is 52.0 Å². The summed E-state index contributed by atoms with van der Waals surface area (Å²) in [7, 11) is 0. The predicted octanol–water partition coefficient (Wildman–Crippen LogP) is 4.31. The van der Waals surface area contributed by atoms with Crippen LogP contribution in [0.25, 0.3) is 10.8 Å². The summed E-state index contributed by atoms with van der Waals surface area (Å²) in [6.07, 6.45) is 11.4.